The molecule has 0 unspecified atom stereocenters. The van der Waals surface area contributed by atoms with Gasteiger partial charge in [-0.3, -0.25) is 0 Å². The molecule has 3 N–H and O–H groups in total. The van der Waals surface area contributed by atoms with Crippen molar-refractivity contribution in [3.63, 3.8) is 0 Å². The lowest BCUT2D eigenvalue weighted by Gasteiger charge is -2.05. The van der Waals surface area contributed by atoms with Crippen molar-refractivity contribution in [1.29, 1.82) is 0 Å². The van der Waals surface area contributed by atoms with Crippen LogP contribution in [0.25, 0.3) is 0 Å². The van der Waals surface area contributed by atoms with Gasteiger partial charge >= 0.3 is 0 Å². The smallest absolute Gasteiger partial charge is 0.193 e. The summed E-state index contributed by atoms with van der Waals surface area (Å²) in [5.74, 6) is 1.28. The van der Waals surface area contributed by atoms with Crippen LogP contribution in [-0.4, -0.2) is 11.1 Å². The van der Waals surface area contributed by atoms with Crippen LogP contribution in [-0.2, 0) is 19.4 Å². The van der Waals surface area contributed by atoms with E-state index in [1.54, 1.807) is 0 Å². The number of rotatable bonds is 5. The van der Waals surface area contributed by atoms with E-state index in [0.29, 0.717) is 12.5 Å². The molecule has 2 rings (SSSR count). The molecule has 20 heavy (non-hydrogen) atoms. The number of nitrogens with one attached hydrogen (secondary N) is 1. The lowest BCUT2D eigenvalue weighted by Crippen LogP contribution is -2.22. The van der Waals surface area contributed by atoms with Gasteiger partial charge in [-0.05, 0) is 18.6 Å². The Bertz CT molecular complexity index is 553. The Hall–Kier alpha value is -2.30. The summed E-state index contributed by atoms with van der Waals surface area (Å²) in [6.07, 6.45) is 1.64. The van der Waals surface area contributed by atoms with Crippen molar-refractivity contribution in [2.24, 2.45) is 10.7 Å². The Morgan fingerprint density at radius 1 is 1.25 bits per heavy atom. The number of benzene rings is 1. The number of anilines is 1. The van der Waals surface area contributed by atoms with Crippen molar-refractivity contribution in [1.82, 2.24) is 5.16 Å². The van der Waals surface area contributed by atoms with Gasteiger partial charge in [0.15, 0.2) is 5.96 Å². The van der Waals surface area contributed by atoms with Gasteiger partial charge < -0.3 is 15.6 Å². The van der Waals surface area contributed by atoms with Crippen LogP contribution < -0.4 is 11.1 Å². The van der Waals surface area contributed by atoms with E-state index in [1.807, 2.05) is 37.3 Å². The van der Waals surface area contributed by atoms with Gasteiger partial charge in [-0.2, -0.15) is 0 Å². The Labute approximate surface area is 118 Å². The summed E-state index contributed by atoms with van der Waals surface area (Å²) >= 11 is 0. The molecule has 0 aliphatic heterocycles. The fourth-order valence-electron chi connectivity index (χ4n) is 1.99. The molecule has 0 aliphatic carbocycles. The molecule has 0 spiro atoms. The first-order valence-corrected chi connectivity index (χ1v) is 6.82. The first kappa shape index (κ1) is 14.1. The summed E-state index contributed by atoms with van der Waals surface area (Å²) in [7, 11) is 0. The number of aryl methyl sites for hydroxylation is 2. The maximum Gasteiger partial charge on any atom is 0.193 e. The van der Waals surface area contributed by atoms with Crippen LogP contribution in [0.2, 0.25) is 0 Å². The van der Waals surface area contributed by atoms with Crippen LogP contribution in [0.15, 0.2) is 39.8 Å². The standard InChI is InChI=1S/C15H20N4O/c1-3-13-12(14(4-2)20-19-13)10-17-15(16)18-11-8-6-5-7-9-11/h5-9H,3-4,10H2,1-2H3,(H3,16,17,18). The van der Waals surface area contributed by atoms with E-state index in [0.717, 1.165) is 35.5 Å². The number of para-hydroxylation sites is 1. The lowest BCUT2D eigenvalue weighted by atomic mass is 10.1. The maximum absolute atomic E-state index is 5.89. The third-order valence-corrected chi connectivity index (χ3v) is 3.06. The molecule has 0 amide bonds. The zero-order chi connectivity index (χ0) is 14.4. The van der Waals surface area contributed by atoms with E-state index in [4.69, 9.17) is 10.3 Å². The number of aliphatic imine (C=N–C) groups is 1. The summed E-state index contributed by atoms with van der Waals surface area (Å²) in [5, 5.41) is 7.12. The second-order valence-electron chi connectivity index (χ2n) is 4.43. The van der Waals surface area contributed by atoms with Gasteiger partial charge in [0.25, 0.3) is 0 Å². The van der Waals surface area contributed by atoms with Crippen LogP contribution in [0.4, 0.5) is 5.69 Å². The molecule has 0 aliphatic rings. The molecule has 2 aromatic rings. The van der Waals surface area contributed by atoms with Gasteiger partial charge in [0, 0.05) is 17.7 Å². The monoisotopic (exact) mass is 272 g/mol. The fourth-order valence-corrected chi connectivity index (χ4v) is 1.99. The average Bonchev–Trinajstić information content (AvgIpc) is 2.88. The van der Waals surface area contributed by atoms with E-state index in [9.17, 15) is 0 Å². The third-order valence-electron chi connectivity index (χ3n) is 3.06. The highest BCUT2D eigenvalue weighted by Crippen LogP contribution is 2.16. The Balaban J connectivity index is 2.07. The molecule has 1 heterocycles. The molecule has 5 heteroatoms. The lowest BCUT2D eigenvalue weighted by molar-refractivity contribution is 0.380. The molecule has 0 saturated carbocycles. The number of aromatic nitrogens is 1. The molecular weight excluding hydrogens is 252 g/mol. The number of nitrogens with two attached hydrogens (primary N) is 1. The topological polar surface area (TPSA) is 76.4 Å². The molecule has 0 fully saturated rings. The van der Waals surface area contributed by atoms with Crippen molar-refractivity contribution in [2.45, 2.75) is 33.2 Å². The number of guanidine groups is 1. The minimum atomic E-state index is 0.390. The van der Waals surface area contributed by atoms with Crippen LogP contribution in [0.1, 0.15) is 30.9 Å². The average molecular weight is 272 g/mol. The van der Waals surface area contributed by atoms with Crippen LogP contribution in [0.3, 0.4) is 0 Å². The molecule has 0 saturated heterocycles. The highest BCUT2D eigenvalue weighted by molar-refractivity contribution is 5.92. The fraction of sp³-hybridized carbons (Fsp3) is 0.333. The number of hydrogen-bond acceptors (Lipinski definition) is 3. The van der Waals surface area contributed by atoms with E-state index >= 15 is 0 Å². The van der Waals surface area contributed by atoms with Gasteiger partial charge in [-0.15, -0.1) is 0 Å². The van der Waals surface area contributed by atoms with Crippen molar-refractivity contribution in [3.8, 4) is 0 Å². The number of nitrogens with zero attached hydrogens (tertiary/aromatic N) is 2. The molecule has 0 atom stereocenters. The molecule has 0 radical (unpaired) electrons. The molecular formula is C15H20N4O. The highest BCUT2D eigenvalue weighted by atomic mass is 16.5. The van der Waals surface area contributed by atoms with Crippen molar-refractivity contribution >= 4 is 11.6 Å². The van der Waals surface area contributed by atoms with E-state index in [-0.39, 0.29) is 0 Å². The minimum Gasteiger partial charge on any atom is -0.370 e. The molecule has 1 aromatic heterocycles. The Kier molecular flexibility index (Phi) is 4.76. The van der Waals surface area contributed by atoms with Crippen molar-refractivity contribution in [2.75, 3.05) is 5.32 Å². The summed E-state index contributed by atoms with van der Waals surface area (Å²) in [4.78, 5) is 4.36. The zero-order valence-electron chi connectivity index (χ0n) is 11.9. The van der Waals surface area contributed by atoms with Crippen LogP contribution in [0, 0.1) is 0 Å². The second kappa shape index (κ2) is 6.75. The van der Waals surface area contributed by atoms with E-state index < -0.39 is 0 Å². The van der Waals surface area contributed by atoms with Gasteiger partial charge in [-0.25, -0.2) is 4.99 Å². The normalized spacial score (nSPS) is 11.6. The van der Waals surface area contributed by atoms with E-state index in [1.165, 1.54) is 0 Å². The van der Waals surface area contributed by atoms with Crippen molar-refractivity contribution < 1.29 is 4.52 Å². The quantitative estimate of drug-likeness (QED) is 0.648. The Morgan fingerprint density at radius 3 is 2.65 bits per heavy atom. The predicted octanol–water partition coefficient (Wildman–Crippen LogP) is 2.73. The molecule has 0 bridgehead atoms. The minimum absolute atomic E-state index is 0.390. The van der Waals surface area contributed by atoms with Crippen LogP contribution >= 0.6 is 0 Å². The van der Waals surface area contributed by atoms with Gasteiger partial charge in [0.1, 0.15) is 5.76 Å². The summed E-state index contributed by atoms with van der Waals surface area (Å²) in [6, 6.07) is 9.73. The maximum atomic E-state index is 5.89. The van der Waals surface area contributed by atoms with Crippen molar-refractivity contribution in [3.05, 3.63) is 47.3 Å². The first-order valence-electron chi connectivity index (χ1n) is 6.82. The Morgan fingerprint density at radius 2 is 2.00 bits per heavy atom. The first-order chi connectivity index (χ1) is 9.74. The van der Waals surface area contributed by atoms with Crippen LogP contribution in [0.5, 0.6) is 0 Å². The molecule has 5 nitrogen and oxygen atoms in total. The van der Waals surface area contributed by atoms with Gasteiger partial charge in [0.2, 0.25) is 0 Å². The highest BCUT2D eigenvalue weighted by Gasteiger charge is 2.12. The molecule has 106 valence electrons. The summed E-state index contributed by atoms with van der Waals surface area (Å²) < 4.78 is 5.31. The zero-order valence-corrected chi connectivity index (χ0v) is 11.9. The third kappa shape index (κ3) is 3.38. The van der Waals surface area contributed by atoms with Gasteiger partial charge in [0.05, 0.1) is 12.2 Å². The summed E-state index contributed by atoms with van der Waals surface area (Å²) in [5.41, 5.74) is 8.82. The van der Waals surface area contributed by atoms with E-state index in [2.05, 4.69) is 22.4 Å². The largest absolute Gasteiger partial charge is 0.370 e. The summed E-state index contributed by atoms with van der Waals surface area (Å²) in [6.45, 7) is 4.58. The molecule has 1 aromatic carbocycles. The second-order valence-corrected chi connectivity index (χ2v) is 4.43. The SMILES string of the molecule is CCc1noc(CC)c1CN=C(N)Nc1ccccc1. The number of hydrogen-bond donors (Lipinski definition) is 2. The predicted molar refractivity (Wildman–Crippen MR) is 80.7 cm³/mol. The van der Waals surface area contributed by atoms with Gasteiger partial charge in [-0.1, -0.05) is 37.2 Å².